The molecule has 0 spiro atoms. The Labute approximate surface area is 93.0 Å². The van der Waals surface area contributed by atoms with Gasteiger partial charge in [0, 0.05) is 6.08 Å². The monoisotopic (exact) mass is 210 g/mol. The van der Waals surface area contributed by atoms with Crippen molar-refractivity contribution in [2.45, 2.75) is 52.1 Å². The van der Waals surface area contributed by atoms with Gasteiger partial charge in [-0.15, -0.1) is 6.58 Å². The molecule has 0 aromatic carbocycles. The molecule has 15 heavy (non-hydrogen) atoms. The molecule has 0 amide bonds. The predicted octanol–water partition coefficient (Wildman–Crippen LogP) is 3.63. The lowest BCUT2D eigenvalue weighted by Gasteiger charge is -2.20. The van der Waals surface area contributed by atoms with Gasteiger partial charge < -0.3 is 4.74 Å². The number of hydrogen-bond acceptors (Lipinski definition) is 2. The summed E-state index contributed by atoms with van der Waals surface area (Å²) in [5, 5.41) is 0. The van der Waals surface area contributed by atoms with Gasteiger partial charge in [-0.1, -0.05) is 18.6 Å². The van der Waals surface area contributed by atoms with Crippen LogP contribution in [0.1, 0.15) is 46.0 Å². The SMILES string of the molecule is C=C(C)C.C=CC(=O)OC1CCCCC1. The highest BCUT2D eigenvalue weighted by Crippen LogP contribution is 2.20. The third kappa shape index (κ3) is 9.26. The summed E-state index contributed by atoms with van der Waals surface area (Å²) in [5.41, 5.74) is 1.17. The molecule has 1 saturated carbocycles. The standard InChI is InChI=1S/C9H14O2.C4H8/c1-2-9(10)11-8-6-4-3-5-7-8;1-4(2)3/h2,8H,1,3-7H2;1H2,2-3H3. The van der Waals surface area contributed by atoms with Crippen LogP contribution >= 0.6 is 0 Å². The van der Waals surface area contributed by atoms with Gasteiger partial charge in [0.15, 0.2) is 0 Å². The molecule has 0 heterocycles. The Kier molecular flexibility index (Phi) is 7.69. The second-order valence-electron chi connectivity index (χ2n) is 4.11. The zero-order valence-corrected chi connectivity index (χ0v) is 9.92. The fraction of sp³-hybridized carbons (Fsp3) is 0.615. The molecule has 0 unspecified atom stereocenters. The predicted molar refractivity (Wildman–Crippen MR) is 63.7 cm³/mol. The maximum atomic E-state index is 10.7. The second-order valence-corrected chi connectivity index (χ2v) is 4.11. The maximum absolute atomic E-state index is 10.7. The quantitative estimate of drug-likeness (QED) is 0.395. The minimum atomic E-state index is -0.281. The first-order valence-electron chi connectivity index (χ1n) is 5.51. The van der Waals surface area contributed by atoms with E-state index in [-0.39, 0.29) is 12.1 Å². The van der Waals surface area contributed by atoms with Gasteiger partial charge in [-0.25, -0.2) is 4.79 Å². The summed E-state index contributed by atoms with van der Waals surface area (Å²) in [4.78, 5) is 10.7. The van der Waals surface area contributed by atoms with Crippen molar-refractivity contribution in [2.75, 3.05) is 0 Å². The van der Waals surface area contributed by atoms with Crippen molar-refractivity contribution in [2.24, 2.45) is 0 Å². The average Bonchev–Trinajstić information content (AvgIpc) is 2.18. The van der Waals surface area contributed by atoms with Gasteiger partial charge >= 0.3 is 5.97 Å². The van der Waals surface area contributed by atoms with Crippen molar-refractivity contribution in [3.8, 4) is 0 Å². The molecule has 2 heteroatoms. The number of allylic oxidation sites excluding steroid dienone is 1. The molecule has 0 N–H and O–H groups in total. The second kappa shape index (κ2) is 8.27. The molecule has 0 aromatic heterocycles. The summed E-state index contributed by atoms with van der Waals surface area (Å²) in [6.45, 7) is 10.9. The summed E-state index contributed by atoms with van der Waals surface area (Å²) in [7, 11) is 0. The highest BCUT2D eigenvalue weighted by Gasteiger charge is 2.15. The third-order valence-electron chi connectivity index (χ3n) is 2.00. The van der Waals surface area contributed by atoms with Crippen LogP contribution in [0.2, 0.25) is 0 Å². The Balaban J connectivity index is 0.000000423. The van der Waals surface area contributed by atoms with E-state index in [1.54, 1.807) is 0 Å². The lowest BCUT2D eigenvalue weighted by molar-refractivity contribution is -0.144. The minimum Gasteiger partial charge on any atom is -0.459 e. The average molecular weight is 210 g/mol. The van der Waals surface area contributed by atoms with Crippen LogP contribution in [0.5, 0.6) is 0 Å². The van der Waals surface area contributed by atoms with E-state index in [1.807, 2.05) is 13.8 Å². The van der Waals surface area contributed by atoms with Crippen LogP contribution in [0.15, 0.2) is 24.8 Å². The molecular formula is C13H22O2. The lowest BCUT2D eigenvalue weighted by Crippen LogP contribution is -2.19. The van der Waals surface area contributed by atoms with E-state index in [1.165, 1.54) is 30.9 Å². The van der Waals surface area contributed by atoms with Crippen LogP contribution in [-0.2, 0) is 9.53 Å². The van der Waals surface area contributed by atoms with Crippen molar-refractivity contribution < 1.29 is 9.53 Å². The van der Waals surface area contributed by atoms with Gasteiger partial charge in [0.05, 0.1) is 0 Å². The number of esters is 1. The normalized spacial score (nSPS) is 15.9. The molecular weight excluding hydrogens is 188 g/mol. The first-order valence-corrected chi connectivity index (χ1v) is 5.51. The lowest BCUT2D eigenvalue weighted by atomic mass is 9.98. The van der Waals surface area contributed by atoms with Gasteiger partial charge in [0.1, 0.15) is 6.10 Å². The van der Waals surface area contributed by atoms with Crippen molar-refractivity contribution in [1.29, 1.82) is 0 Å². The molecule has 1 aliphatic carbocycles. The maximum Gasteiger partial charge on any atom is 0.330 e. The summed E-state index contributed by atoms with van der Waals surface area (Å²) in [6, 6.07) is 0. The van der Waals surface area contributed by atoms with Crippen LogP contribution < -0.4 is 0 Å². The highest BCUT2D eigenvalue weighted by molar-refractivity contribution is 5.81. The van der Waals surface area contributed by atoms with Crippen molar-refractivity contribution in [3.05, 3.63) is 24.8 Å². The number of carbonyl (C=O) groups is 1. The van der Waals surface area contributed by atoms with Gasteiger partial charge in [0.2, 0.25) is 0 Å². The number of rotatable bonds is 2. The van der Waals surface area contributed by atoms with Crippen LogP contribution in [0, 0.1) is 0 Å². The van der Waals surface area contributed by atoms with E-state index in [0.29, 0.717) is 0 Å². The van der Waals surface area contributed by atoms with Crippen molar-refractivity contribution >= 4 is 5.97 Å². The topological polar surface area (TPSA) is 26.3 Å². The molecule has 0 atom stereocenters. The summed E-state index contributed by atoms with van der Waals surface area (Å²) in [5.74, 6) is -0.281. The summed E-state index contributed by atoms with van der Waals surface area (Å²) >= 11 is 0. The van der Waals surface area contributed by atoms with Crippen molar-refractivity contribution in [1.82, 2.24) is 0 Å². The van der Waals surface area contributed by atoms with Crippen molar-refractivity contribution in [3.63, 3.8) is 0 Å². The van der Waals surface area contributed by atoms with Gasteiger partial charge in [-0.3, -0.25) is 0 Å². The minimum absolute atomic E-state index is 0.161. The summed E-state index contributed by atoms with van der Waals surface area (Å²) in [6.07, 6.45) is 7.11. The van der Waals surface area contributed by atoms with E-state index in [4.69, 9.17) is 4.74 Å². The largest absolute Gasteiger partial charge is 0.459 e. The van der Waals surface area contributed by atoms with Crippen LogP contribution in [0.3, 0.4) is 0 Å². The number of ether oxygens (including phenoxy) is 1. The van der Waals surface area contributed by atoms with E-state index < -0.39 is 0 Å². The van der Waals surface area contributed by atoms with E-state index >= 15 is 0 Å². The van der Waals surface area contributed by atoms with Gasteiger partial charge in [-0.2, -0.15) is 0 Å². The molecule has 86 valence electrons. The van der Waals surface area contributed by atoms with E-state index in [9.17, 15) is 4.79 Å². The van der Waals surface area contributed by atoms with Crippen LogP contribution in [0.25, 0.3) is 0 Å². The fourth-order valence-corrected chi connectivity index (χ4v) is 1.40. The molecule has 1 aliphatic rings. The highest BCUT2D eigenvalue weighted by atomic mass is 16.5. The fourth-order valence-electron chi connectivity index (χ4n) is 1.40. The van der Waals surface area contributed by atoms with Crippen LogP contribution in [-0.4, -0.2) is 12.1 Å². The molecule has 2 nitrogen and oxygen atoms in total. The Morgan fingerprint density at radius 1 is 1.27 bits per heavy atom. The zero-order valence-electron chi connectivity index (χ0n) is 9.92. The van der Waals surface area contributed by atoms with Gasteiger partial charge in [-0.05, 0) is 39.5 Å². The van der Waals surface area contributed by atoms with E-state index in [2.05, 4.69) is 13.2 Å². The first kappa shape index (κ1) is 13.9. The molecule has 0 aliphatic heterocycles. The Morgan fingerprint density at radius 3 is 2.13 bits per heavy atom. The zero-order chi connectivity index (χ0) is 11.7. The number of carbonyl (C=O) groups excluding carboxylic acids is 1. The molecule has 0 bridgehead atoms. The molecule has 1 fully saturated rings. The smallest absolute Gasteiger partial charge is 0.330 e. The molecule has 1 rings (SSSR count). The first-order chi connectivity index (χ1) is 7.06. The molecule has 0 radical (unpaired) electrons. The Bertz CT molecular complexity index is 209. The Hall–Kier alpha value is -1.05. The molecule has 0 saturated heterocycles. The summed E-state index contributed by atoms with van der Waals surface area (Å²) < 4.78 is 5.08. The Morgan fingerprint density at radius 2 is 1.73 bits per heavy atom. The third-order valence-corrected chi connectivity index (χ3v) is 2.00. The van der Waals surface area contributed by atoms with Crippen LogP contribution in [0.4, 0.5) is 0 Å². The van der Waals surface area contributed by atoms with Gasteiger partial charge in [0.25, 0.3) is 0 Å². The number of hydrogen-bond donors (Lipinski definition) is 0. The van der Waals surface area contributed by atoms with E-state index in [0.717, 1.165) is 12.8 Å². The molecule has 0 aromatic rings.